The quantitative estimate of drug-likeness (QED) is 0.829. The van der Waals surface area contributed by atoms with Crippen molar-refractivity contribution in [3.63, 3.8) is 0 Å². The number of nitrogens with one attached hydrogen (secondary N) is 1. The molecule has 0 radical (unpaired) electrons. The first-order chi connectivity index (χ1) is 9.13. The van der Waals surface area contributed by atoms with E-state index in [0.717, 1.165) is 0 Å². The van der Waals surface area contributed by atoms with Gasteiger partial charge >= 0.3 is 0 Å². The lowest BCUT2D eigenvalue weighted by atomic mass is 10.1. The lowest BCUT2D eigenvalue weighted by molar-refractivity contribution is 0.415. The zero-order valence-electron chi connectivity index (χ0n) is 10.3. The van der Waals surface area contributed by atoms with E-state index in [1.165, 1.54) is 18.2 Å². The van der Waals surface area contributed by atoms with Gasteiger partial charge in [0.05, 0.1) is 29.7 Å². The van der Waals surface area contributed by atoms with Crippen molar-refractivity contribution in [1.82, 2.24) is 0 Å². The lowest BCUT2D eigenvalue weighted by Crippen LogP contribution is -1.99. The van der Waals surface area contributed by atoms with Crippen LogP contribution in [0, 0.1) is 17.1 Å². The monoisotopic (exact) mass is 257 g/mol. The number of nitrogens with zero attached hydrogens (tertiary/aromatic N) is 1. The van der Waals surface area contributed by atoms with Crippen molar-refractivity contribution in [1.29, 1.82) is 5.26 Å². The third-order valence-electron chi connectivity index (χ3n) is 2.63. The van der Waals surface area contributed by atoms with Gasteiger partial charge in [0.2, 0.25) is 0 Å². The van der Waals surface area contributed by atoms with Crippen LogP contribution in [0.4, 0.5) is 21.5 Å². The zero-order valence-corrected chi connectivity index (χ0v) is 10.3. The van der Waals surface area contributed by atoms with Crippen molar-refractivity contribution in [3.05, 3.63) is 47.8 Å². The van der Waals surface area contributed by atoms with E-state index in [0.29, 0.717) is 22.8 Å². The second-order valence-electron chi connectivity index (χ2n) is 3.88. The van der Waals surface area contributed by atoms with E-state index in [-0.39, 0.29) is 5.56 Å². The fourth-order valence-electron chi connectivity index (χ4n) is 1.63. The summed E-state index contributed by atoms with van der Waals surface area (Å²) in [6.07, 6.45) is 0. The maximum Gasteiger partial charge on any atom is 0.124 e. The number of nitrogen functional groups attached to an aromatic ring is 1. The summed E-state index contributed by atoms with van der Waals surface area (Å²) in [7, 11) is 1.55. The number of nitriles is 1. The minimum Gasteiger partial charge on any atom is -0.497 e. The smallest absolute Gasteiger partial charge is 0.124 e. The summed E-state index contributed by atoms with van der Waals surface area (Å²) in [6.45, 7) is 0. The molecule has 0 aliphatic carbocycles. The predicted octanol–water partition coefficient (Wildman–Crippen LogP) is 3.03. The molecule has 0 aromatic heterocycles. The number of benzene rings is 2. The van der Waals surface area contributed by atoms with Gasteiger partial charge in [0.25, 0.3) is 0 Å². The van der Waals surface area contributed by atoms with Crippen LogP contribution in [-0.2, 0) is 0 Å². The Morgan fingerprint density at radius 1 is 1.21 bits per heavy atom. The SMILES string of the molecule is COc1ccc(N)c(Nc2ccc(F)cc2C#N)c1. The Hall–Kier alpha value is -2.74. The Balaban J connectivity index is 2.39. The van der Waals surface area contributed by atoms with Crippen LogP contribution in [0.1, 0.15) is 5.56 Å². The topological polar surface area (TPSA) is 71.1 Å². The highest BCUT2D eigenvalue weighted by molar-refractivity contribution is 5.76. The first-order valence-electron chi connectivity index (χ1n) is 5.54. The maximum absolute atomic E-state index is 13.0. The van der Waals surface area contributed by atoms with Gasteiger partial charge in [-0.15, -0.1) is 0 Å². The minimum absolute atomic E-state index is 0.210. The van der Waals surface area contributed by atoms with Gasteiger partial charge in [-0.25, -0.2) is 4.39 Å². The molecule has 2 aromatic carbocycles. The molecule has 0 saturated heterocycles. The molecule has 4 nitrogen and oxygen atoms in total. The molecule has 0 atom stereocenters. The van der Waals surface area contributed by atoms with Gasteiger partial charge in [-0.3, -0.25) is 0 Å². The van der Waals surface area contributed by atoms with Crippen LogP contribution in [0.3, 0.4) is 0 Å². The molecule has 0 fully saturated rings. The van der Waals surface area contributed by atoms with Crippen molar-refractivity contribution >= 4 is 17.1 Å². The fourth-order valence-corrected chi connectivity index (χ4v) is 1.63. The Bertz CT molecular complexity index is 650. The number of ether oxygens (including phenoxy) is 1. The van der Waals surface area contributed by atoms with Crippen LogP contribution >= 0.6 is 0 Å². The molecule has 0 bridgehead atoms. The molecule has 0 heterocycles. The molecule has 19 heavy (non-hydrogen) atoms. The Kier molecular flexibility index (Phi) is 3.53. The number of methoxy groups -OCH3 is 1. The van der Waals surface area contributed by atoms with E-state index >= 15 is 0 Å². The largest absolute Gasteiger partial charge is 0.497 e. The molecule has 5 heteroatoms. The van der Waals surface area contributed by atoms with Crippen molar-refractivity contribution in [3.8, 4) is 11.8 Å². The number of nitrogens with two attached hydrogens (primary N) is 1. The second kappa shape index (κ2) is 5.27. The number of hydrogen-bond acceptors (Lipinski definition) is 4. The van der Waals surface area contributed by atoms with Gasteiger partial charge in [0.1, 0.15) is 17.6 Å². The van der Waals surface area contributed by atoms with Gasteiger partial charge in [-0.2, -0.15) is 5.26 Å². The summed E-state index contributed by atoms with van der Waals surface area (Å²) in [6, 6.07) is 11.0. The van der Waals surface area contributed by atoms with Crippen molar-refractivity contribution in [2.45, 2.75) is 0 Å². The first kappa shape index (κ1) is 12.7. The molecule has 0 unspecified atom stereocenters. The third kappa shape index (κ3) is 2.75. The summed E-state index contributed by atoms with van der Waals surface area (Å²) in [5.41, 5.74) is 7.65. The minimum atomic E-state index is -0.458. The molecule has 3 N–H and O–H groups in total. The normalized spacial score (nSPS) is 9.74. The summed E-state index contributed by atoms with van der Waals surface area (Å²) < 4.78 is 18.2. The summed E-state index contributed by atoms with van der Waals surface area (Å²) in [5, 5.41) is 12.0. The van der Waals surface area contributed by atoms with Gasteiger partial charge in [-0.1, -0.05) is 0 Å². The Labute approximate surface area is 110 Å². The molecular formula is C14H12FN3O. The third-order valence-corrected chi connectivity index (χ3v) is 2.63. The van der Waals surface area contributed by atoms with Crippen LogP contribution in [0.25, 0.3) is 0 Å². The summed E-state index contributed by atoms with van der Waals surface area (Å²) >= 11 is 0. The molecular weight excluding hydrogens is 245 g/mol. The Morgan fingerprint density at radius 3 is 2.68 bits per heavy atom. The zero-order chi connectivity index (χ0) is 13.8. The standard InChI is InChI=1S/C14H12FN3O/c1-19-11-3-4-12(17)14(7-11)18-13-5-2-10(15)6-9(13)8-16/h2-7,18H,17H2,1H3. The van der Waals surface area contributed by atoms with E-state index in [4.69, 9.17) is 15.7 Å². The highest BCUT2D eigenvalue weighted by atomic mass is 19.1. The van der Waals surface area contributed by atoms with E-state index in [2.05, 4.69) is 5.32 Å². The maximum atomic E-state index is 13.0. The molecule has 0 spiro atoms. The average Bonchev–Trinajstić information content (AvgIpc) is 2.43. The molecule has 0 saturated carbocycles. The lowest BCUT2D eigenvalue weighted by Gasteiger charge is -2.12. The van der Waals surface area contributed by atoms with Crippen molar-refractivity contribution < 1.29 is 9.13 Å². The van der Waals surface area contributed by atoms with E-state index in [1.807, 2.05) is 6.07 Å². The number of rotatable bonds is 3. The molecule has 0 amide bonds. The van der Waals surface area contributed by atoms with Crippen LogP contribution < -0.4 is 15.8 Å². The highest BCUT2D eigenvalue weighted by Crippen LogP contribution is 2.29. The fraction of sp³-hybridized carbons (Fsp3) is 0.0714. The van der Waals surface area contributed by atoms with Crippen molar-refractivity contribution in [2.75, 3.05) is 18.2 Å². The molecule has 0 aliphatic heterocycles. The van der Waals surface area contributed by atoms with Gasteiger partial charge in [0.15, 0.2) is 0 Å². The van der Waals surface area contributed by atoms with Gasteiger partial charge in [0, 0.05) is 6.07 Å². The van der Waals surface area contributed by atoms with Crippen LogP contribution in [0.2, 0.25) is 0 Å². The number of anilines is 3. The molecule has 2 rings (SSSR count). The first-order valence-corrected chi connectivity index (χ1v) is 5.54. The van der Waals surface area contributed by atoms with Gasteiger partial charge in [-0.05, 0) is 30.3 Å². The molecule has 2 aromatic rings. The van der Waals surface area contributed by atoms with Crippen molar-refractivity contribution in [2.24, 2.45) is 0 Å². The second-order valence-corrected chi connectivity index (χ2v) is 3.88. The Morgan fingerprint density at radius 2 is 2.00 bits per heavy atom. The number of halogens is 1. The van der Waals surface area contributed by atoms with Crippen LogP contribution in [-0.4, -0.2) is 7.11 Å². The molecule has 0 aliphatic rings. The predicted molar refractivity (Wildman–Crippen MR) is 71.8 cm³/mol. The van der Waals surface area contributed by atoms with Crippen LogP contribution in [0.15, 0.2) is 36.4 Å². The van der Waals surface area contributed by atoms with E-state index in [9.17, 15) is 4.39 Å². The van der Waals surface area contributed by atoms with Crippen LogP contribution in [0.5, 0.6) is 5.75 Å². The summed E-state index contributed by atoms with van der Waals surface area (Å²) in [4.78, 5) is 0. The van der Waals surface area contributed by atoms with Gasteiger partial charge < -0.3 is 15.8 Å². The highest BCUT2D eigenvalue weighted by Gasteiger charge is 2.07. The van der Waals surface area contributed by atoms with E-state index < -0.39 is 5.82 Å². The summed E-state index contributed by atoms with van der Waals surface area (Å²) in [5.74, 6) is 0.179. The average molecular weight is 257 g/mol. The van der Waals surface area contributed by atoms with E-state index in [1.54, 1.807) is 25.3 Å². The molecule has 96 valence electrons. The number of hydrogen-bond donors (Lipinski definition) is 2.